The molecule has 0 amide bonds. The molecule has 0 aliphatic carbocycles. The first-order chi connectivity index (χ1) is 13.7. The summed E-state index contributed by atoms with van der Waals surface area (Å²) in [4.78, 5) is 4.00. The molecule has 4 atom stereocenters. The molecule has 144 valence electrons. The lowest BCUT2D eigenvalue weighted by atomic mass is 10.0. The zero-order valence-electron chi connectivity index (χ0n) is 15.1. The van der Waals surface area contributed by atoms with Gasteiger partial charge in [-0.1, -0.05) is 0 Å². The van der Waals surface area contributed by atoms with Gasteiger partial charge in [0, 0.05) is 48.6 Å². The van der Waals surface area contributed by atoms with Gasteiger partial charge in [0.25, 0.3) is 0 Å². The van der Waals surface area contributed by atoms with Crippen molar-refractivity contribution in [2.45, 2.75) is 43.6 Å². The summed E-state index contributed by atoms with van der Waals surface area (Å²) in [6, 6.07) is 8.86. The van der Waals surface area contributed by atoms with Crippen LogP contribution in [0.3, 0.4) is 0 Å². The molecule has 3 aromatic rings. The Morgan fingerprint density at radius 3 is 2.86 bits per heavy atom. The van der Waals surface area contributed by atoms with Crippen LogP contribution in [0.2, 0.25) is 0 Å². The van der Waals surface area contributed by atoms with Crippen LogP contribution in [0.4, 0.5) is 4.39 Å². The number of hydrogen-bond acceptors (Lipinski definition) is 6. The van der Waals surface area contributed by atoms with Crippen molar-refractivity contribution >= 4 is 0 Å². The van der Waals surface area contributed by atoms with Crippen molar-refractivity contribution in [3.8, 4) is 28.6 Å². The summed E-state index contributed by atoms with van der Waals surface area (Å²) in [7, 11) is 0. The standard InChI is InChI=1S/C20H20FN5O2/c21-20-16-4-1-12(23-16)9-18(20)28-19-6-5-15(24-25-19)14-3-2-13(10-17(14)27)26-8-7-22-11-26/h2-3,5-8,10-12,16,18,20,23,27H,1,4,9H2/t12-,16+,18-,20+/m0/s1. The Bertz CT molecular complexity index is 963. The molecule has 0 radical (unpaired) electrons. The topological polar surface area (TPSA) is 85.1 Å². The molecule has 2 saturated heterocycles. The van der Waals surface area contributed by atoms with Crippen LogP contribution in [-0.4, -0.2) is 49.2 Å². The second-order valence-corrected chi connectivity index (χ2v) is 7.31. The number of nitrogens with one attached hydrogen (secondary N) is 1. The van der Waals surface area contributed by atoms with Gasteiger partial charge in [-0.3, -0.25) is 0 Å². The summed E-state index contributed by atoms with van der Waals surface area (Å²) in [5.74, 6) is 0.389. The van der Waals surface area contributed by atoms with E-state index in [1.165, 1.54) is 0 Å². The second-order valence-electron chi connectivity index (χ2n) is 7.31. The highest BCUT2D eigenvalue weighted by Crippen LogP contribution is 2.33. The van der Waals surface area contributed by atoms with E-state index in [-0.39, 0.29) is 11.8 Å². The molecule has 0 unspecified atom stereocenters. The molecule has 2 N–H and O–H groups in total. The van der Waals surface area contributed by atoms with Gasteiger partial charge >= 0.3 is 0 Å². The van der Waals surface area contributed by atoms with Crippen LogP contribution in [0.25, 0.3) is 16.9 Å². The number of phenols is 1. The number of aromatic nitrogens is 4. The van der Waals surface area contributed by atoms with Gasteiger partial charge < -0.3 is 19.7 Å². The molecular formula is C20H20FN5O2. The van der Waals surface area contributed by atoms with Crippen LogP contribution in [0.15, 0.2) is 49.1 Å². The maximum absolute atomic E-state index is 14.5. The van der Waals surface area contributed by atoms with E-state index in [9.17, 15) is 9.50 Å². The summed E-state index contributed by atoms with van der Waals surface area (Å²) in [6.07, 6.45) is 6.07. The number of benzene rings is 1. The molecule has 0 saturated carbocycles. The summed E-state index contributed by atoms with van der Waals surface area (Å²) in [6.45, 7) is 0. The third kappa shape index (κ3) is 3.09. The predicted molar refractivity (Wildman–Crippen MR) is 100 cm³/mol. The first kappa shape index (κ1) is 17.1. The Morgan fingerprint density at radius 1 is 1.18 bits per heavy atom. The molecule has 4 heterocycles. The third-order valence-corrected chi connectivity index (χ3v) is 5.50. The fraction of sp³-hybridized carbons (Fsp3) is 0.350. The van der Waals surface area contributed by atoms with Crippen molar-refractivity contribution in [1.29, 1.82) is 0 Å². The van der Waals surface area contributed by atoms with Crippen molar-refractivity contribution in [2.24, 2.45) is 0 Å². The summed E-state index contributed by atoms with van der Waals surface area (Å²) < 4.78 is 22.1. The largest absolute Gasteiger partial charge is 0.507 e. The van der Waals surface area contributed by atoms with Gasteiger partial charge in [0.2, 0.25) is 5.88 Å². The van der Waals surface area contributed by atoms with Gasteiger partial charge in [0.05, 0.1) is 17.7 Å². The quantitative estimate of drug-likeness (QED) is 0.723. The van der Waals surface area contributed by atoms with Crippen LogP contribution in [0.5, 0.6) is 11.6 Å². The van der Waals surface area contributed by atoms with Crippen LogP contribution in [0, 0.1) is 0 Å². The Morgan fingerprint density at radius 2 is 2.11 bits per heavy atom. The summed E-state index contributed by atoms with van der Waals surface area (Å²) in [5, 5.41) is 21.9. The zero-order chi connectivity index (χ0) is 19.1. The molecule has 1 aromatic carbocycles. The third-order valence-electron chi connectivity index (χ3n) is 5.50. The molecule has 2 aliphatic heterocycles. The van der Waals surface area contributed by atoms with Crippen molar-refractivity contribution in [3.63, 3.8) is 0 Å². The molecular weight excluding hydrogens is 361 g/mol. The maximum atomic E-state index is 14.5. The van der Waals surface area contributed by atoms with E-state index in [0.29, 0.717) is 29.6 Å². The first-order valence-electron chi connectivity index (χ1n) is 9.39. The van der Waals surface area contributed by atoms with Gasteiger partial charge in [-0.05, 0) is 31.0 Å². The van der Waals surface area contributed by atoms with E-state index in [2.05, 4.69) is 20.5 Å². The van der Waals surface area contributed by atoms with E-state index < -0.39 is 12.3 Å². The smallest absolute Gasteiger partial charge is 0.233 e. The molecule has 8 heteroatoms. The Labute approximate surface area is 161 Å². The number of fused-ring (bicyclic) bond motifs is 2. The van der Waals surface area contributed by atoms with Gasteiger partial charge in [0.1, 0.15) is 11.9 Å². The highest BCUT2D eigenvalue weighted by molar-refractivity contribution is 5.68. The van der Waals surface area contributed by atoms with E-state index >= 15 is 0 Å². The molecule has 0 spiro atoms. The number of imidazole rings is 1. The van der Waals surface area contributed by atoms with Crippen molar-refractivity contribution < 1.29 is 14.2 Å². The Balaban J connectivity index is 1.32. The van der Waals surface area contributed by atoms with Crippen LogP contribution in [-0.2, 0) is 0 Å². The fourth-order valence-corrected chi connectivity index (χ4v) is 4.06. The molecule has 7 nitrogen and oxygen atoms in total. The molecule has 5 rings (SSSR count). The number of alkyl halides is 1. The number of phenolic OH excluding ortho intramolecular Hbond substituents is 1. The highest BCUT2D eigenvalue weighted by Gasteiger charge is 2.43. The number of piperidine rings is 1. The van der Waals surface area contributed by atoms with E-state index in [1.54, 1.807) is 47.6 Å². The maximum Gasteiger partial charge on any atom is 0.233 e. The summed E-state index contributed by atoms with van der Waals surface area (Å²) >= 11 is 0. The van der Waals surface area contributed by atoms with E-state index in [0.717, 1.165) is 18.5 Å². The number of halogens is 1. The number of hydrogen-bond donors (Lipinski definition) is 2. The molecule has 2 aromatic heterocycles. The minimum Gasteiger partial charge on any atom is -0.507 e. The van der Waals surface area contributed by atoms with Gasteiger partial charge in [0.15, 0.2) is 6.17 Å². The van der Waals surface area contributed by atoms with Gasteiger partial charge in [-0.15, -0.1) is 10.2 Å². The van der Waals surface area contributed by atoms with Gasteiger partial charge in [-0.25, -0.2) is 9.37 Å². The Hall–Kier alpha value is -3.00. The lowest BCUT2D eigenvalue weighted by Gasteiger charge is -2.32. The number of rotatable bonds is 4. The van der Waals surface area contributed by atoms with Crippen LogP contribution in [0.1, 0.15) is 19.3 Å². The first-order valence-corrected chi connectivity index (χ1v) is 9.39. The molecule has 2 aliphatic rings. The second kappa shape index (κ2) is 6.87. The van der Waals surface area contributed by atoms with Gasteiger partial charge in [-0.2, -0.15) is 0 Å². The minimum atomic E-state index is -1.04. The lowest BCUT2D eigenvalue weighted by molar-refractivity contribution is 0.0422. The van der Waals surface area contributed by atoms with Crippen molar-refractivity contribution in [2.75, 3.05) is 0 Å². The van der Waals surface area contributed by atoms with Crippen molar-refractivity contribution in [3.05, 3.63) is 49.1 Å². The van der Waals surface area contributed by atoms with Crippen LogP contribution >= 0.6 is 0 Å². The minimum absolute atomic E-state index is 0.0907. The van der Waals surface area contributed by atoms with E-state index in [4.69, 9.17) is 4.74 Å². The Kier molecular flexibility index (Phi) is 4.20. The molecule has 2 bridgehead atoms. The number of aromatic hydroxyl groups is 1. The lowest BCUT2D eigenvalue weighted by Crippen LogP contribution is -2.51. The summed E-state index contributed by atoms with van der Waals surface area (Å²) in [5.41, 5.74) is 1.87. The van der Waals surface area contributed by atoms with E-state index in [1.807, 2.05) is 6.07 Å². The number of ether oxygens (including phenoxy) is 1. The highest BCUT2D eigenvalue weighted by atomic mass is 19.1. The average Bonchev–Trinajstić information content (AvgIpc) is 3.37. The molecule has 2 fully saturated rings. The monoisotopic (exact) mass is 381 g/mol. The zero-order valence-corrected chi connectivity index (χ0v) is 15.1. The average molecular weight is 381 g/mol. The normalized spacial score (nSPS) is 26.3. The predicted octanol–water partition coefficient (Wildman–Crippen LogP) is 2.64. The van der Waals surface area contributed by atoms with Crippen LogP contribution < -0.4 is 10.1 Å². The van der Waals surface area contributed by atoms with Crippen molar-refractivity contribution in [1.82, 2.24) is 25.1 Å². The SMILES string of the molecule is Oc1cc(-n2ccnc2)ccc1-c1ccc(O[C@H]2C[C@@H]3CC[C@@H](N3)[C@H]2F)nn1. The number of nitrogens with zero attached hydrogens (tertiary/aromatic N) is 4. The molecule has 28 heavy (non-hydrogen) atoms. The fourth-order valence-electron chi connectivity index (χ4n) is 4.06.